The molecular weight excluding hydrogens is 232 g/mol. The van der Waals surface area contributed by atoms with Gasteiger partial charge < -0.3 is 0 Å². The molecule has 0 radical (unpaired) electrons. The van der Waals surface area contributed by atoms with E-state index in [9.17, 15) is 4.79 Å². The van der Waals surface area contributed by atoms with E-state index >= 15 is 0 Å². The van der Waals surface area contributed by atoms with Gasteiger partial charge in [-0.2, -0.15) is 0 Å². The molecule has 0 fully saturated rings. The summed E-state index contributed by atoms with van der Waals surface area (Å²) in [6.07, 6.45) is 1.76. The lowest BCUT2D eigenvalue weighted by atomic mass is 9.89. The van der Waals surface area contributed by atoms with E-state index in [2.05, 4.69) is 13.5 Å². The van der Waals surface area contributed by atoms with Crippen molar-refractivity contribution in [2.24, 2.45) is 0 Å². The van der Waals surface area contributed by atoms with Gasteiger partial charge in [-0.1, -0.05) is 43.3 Å². The zero-order chi connectivity index (χ0) is 13.0. The minimum atomic E-state index is 0.0840. The molecule has 0 bridgehead atoms. The van der Waals surface area contributed by atoms with Crippen LogP contribution in [0.4, 0.5) is 0 Å². The van der Waals surface area contributed by atoms with Crippen molar-refractivity contribution in [3.63, 3.8) is 0 Å². The van der Waals surface area contributed by atoms with Gasteiger partial charge in [0.2, 0.25) is 0 Å². The lowest BCUT2D eigenvalue weighted by Gasteiger charge is -2.15. The highest BCUT2D eigenvalue weighted by atomic mass is 35.5. The smallest absolute Gasteiger partial charge is 0.155 e. The molecule has 0 saturated carbocycles. The molecule has 0 heterocycles. The minimum absolute atomic E-state index is 0.0840. The minimum Gasteiger partial charge on any atom is -0.295 e. The second-order valence-electron chi connectivity index (χ2n) is 4.11. The van der Waals surface area contributed by atoms with Crippen LogP contribution in [-0.2, 0) is 4.79 Å². The number of Topliss-reactive ketones (excluding diaryl/α,β-unsaturated/α-hetero) is 1. The number of carbonyl (C=O) groups is 1. The first-order chi connectivity index (χ1) is 7.97. The molecule has 1 nitrogen and oxygen atoms in total. The number of allylic oxidation sites excluding steroid dienone is 3. The van der Waals surface area contributed by atoms with Gasteiger partial charge in [0.25, 0.3) is 0 Å². The Hall–Kier alpha value is -1.34. The van der Waals surface area contributed by atoms with Crippen LogP contribution in [0.2, 0.25) is 5.02 Å². The third-order valence-corrected chi connectivity index (χ3v) is 3.27. The molecule has 1 rings (SSSR count). The average molecular weight is 249 g/mol. The summed E-state index contributed by atoms with van der Waals surface area (Å²) >= 11 is 5.86. The fraction of sp³-hybridized carbons (Fsp3) is 0.267. The summed E-state index contributed by atoms with van der Waals surface area (Å²) < 4.78 is 0. The van der Waals surface area contributed by atoms with Crippen molar-refractivity contribution in [2.75, 3.05) is 0 Å². The van der Waals surface area contributed by atoms with E-state index in [1.54, 1.807) is 13.0 Å². The highest BCUT2D eigenvalue weighted by molar-refractivity contribution is 6.30. The Morgan fingerprint density at radius 3 is 2.24 bits per heavy atom. The number of rotatable bonds is 4. The summed E-state index contributed by atoms with van der Waals surface area (Å²) in [5.74, 6) is 0.231. The van der Waals surface area contributed by atoms with Crippen molar-refractivity contribution in [3.05, 3.63) is 58.7 Å². The fourth-order valence-electron chi connectivity index (χ4n) is 1.79. The number of hydrogen-bond donors (Lipinski definition) is 0. The van der Waals surface area contributed by atoms with Crippen LogP contribution in [0.5, 0.6) is 0 Å². The normalized spacial score (nSPS) is 13.9. The van der Waals surface area contributed by atoms with Crippen molar-refractivity contribution >= 4 is 17.4 Å². The van der Waals surface area contributed by atoms with Crippen LogP contribution >= 0.6 is 11.6 Å². The molecule has 2 heteroatoms. The molecule has 0 aromatic heterocycles. The molecular formula is C15H17ClO. The summed E-state index contributed by atoms with van der Waals surface area (Å²) in [5.41, 5.74) is 2.87. The van der Waals surface area contributed by atoms with Crippen LogP contribution in [0.15, 0.2) is 48.1 Å². The monoisotopic (exact) mass is 248 g/mol. The van der Waals surface area contributed by atoms with Gasteiger partial charge >= 0.3 is 0 Å². The SMILES string of the molecule is C=C/C(=C(\C)C(C)=O)C(C)c1ccc(Cl)cc1. The Morgan fingerprint density at radius 1 is 1.29 bits per heavy atom. The number of benzene rings is 1. The lowest BCUT2D eigenvalue weighted by Crippen LogP contribution is -2.03. The molecule has 1 atom stereocenters. The second kappa shape index (κ2) is 5.83. The van der Waals surface area contributed by atoms with Crippen molar-refractivity contribution in [1.29, 1.82) is 0 Å². The molecule has 1 aromatic rings. The van der Waals surface area contributed by atoms with Crippen LogP contribution in [-0.4, -0.2) is 5.78 Å². The summed E-state index contributed by atoms with van der Waals surface area (Å²) in [6.45, 7) is 9.27. The van der Waals surface area contributed by atoms with E-state index in [4.69, 9.17) is 11.6 Å². The average Bonchev–Trinajstić information content (AvgIpc) is 2.30. The van der Waals surface area contributed by atoms with E-state index in [1.165, 1.54) is 0 Å². The lowest BCUT2D eigenvalue weighted by molar-refractivity contribution is -0.113. The Kier molecular flexibility index (Phi) is 4.71. The molecule has 1 unspecified atom stereocenters. The zero-order valence-electron chi connectivity index (χ0n) is 10.5. The highest BCUT2D eigenvalue weighted by Gasteiger charge is 2.13. The maximum absolute atomic E-state index is 11.4. The quantitative estimate of drug-likeness (QED) is 0.565. The predicted molar refractivity (Wildman–Crippen MR) is 73.4 cm³/mol. The molecule has 0 spiro atoms. The van der Waals surface area contributed by atoms with Gasteiger partial charge in [-0.25, -0.2) is 0 Å². The van der Waals surface area contributed by atoms with Gasteiger partial charge in [-0.15, -0.1) is 0 Å². The first-order valence-corrected chi connectivity index (χ1v) is 5.94. The van der Waals surface area contributed by atoms with E-state index in [0.717, 1.165) is 16.7 Å². The van der Waals surface area contributed by atoms with E-state index in [-0.39, 0.29) is 11.7 Å². The first-order valence-electron chi connectivity index (χ1n) is 5.57. The number of carbonyl (C=O) groups excluding carboxylic acids is 1. The molecule has 90 valence electrons. The molecule has 1 aromatic carbocycles. The molecule has 17 heavy (non-hydrogen) atoms. The summed E-state index contributed by atoms with van der Waals surface area (Å²) in [4.78, 5) is 11.4. The van der Waals surface area contributed by atoms with Gasteiger partial charge in [-0.3, -0.25) is 4.79 Å². The summed E-state index contributed by atoms with van der Waals surface area (Å²) in [7, 11) is 0. The van der Waals surface area contributed by atoms with Crippen LogP contribution < -0.4 is 0 Å². The molecule has 0 N–H and O–H groups in total. The molecule has 0 amide bonds. The van der Waals surface area contributed by atoms with Gasteiger partial charge in [0.15, 0.2) is 5.78 Å². The first kappa shape index (κ1) is 13.7. The van der Waals surface area contributed by atoms with Gasteiger partial charge in [0.1, 0.15) is 0 Å². The predicted octanol–water partition coefficient (Wildman–Crippen LogP) is 4.54. The van der Waals surface area contributed by atoms with Gasteiger partial charge in [0, 0.05) is 10.9 Å². The summed E-state index contributed by atoms with van der Waals surface area (Å²) in [6, 6.07) is 7.67. The van der Waals surface area contributed by atoms with Crippen molar-refractivity contribution in [3.8, 4) is 0 Å². The number of ketones is 1. The van der Waals surface area contributed by atoms with Crippen molar-refractivity contribution in [2.45, 2.75) is 26.7 Å². The van der Waals surface area contributed by atoms with Crippen LogP contribution in [0.1, 0.15) is 32.3 Å². The van der Waals surface area contributed by atoms with Crippen LogP contribution in [0, 0.1) is 0 Å². The Bertz CT molecular complexity index is 454. The molecule has 0 aliphatic rings. The van der Waals surface area contributed by atoms with Crippen molar-refractivity contribution in [1.82, 2.24) is 0 Å². The maximum Gasteiger partial charge on any atom is 0.155 e. The third-order valence-electron chi connectivity index (χ3n) is 3.02. The van der Waals surface area contributed by atoms with Crippen molar-refractivity contribution < 1.29 is 4.79 Å². The molecule has 0 aliphatic heterocycles. The number of halogens is 1. The van der Waals surface area contributed by atoms with Crippen LogP contribution in [0.3, 0.4) is 0 Å². The second-order valence-corrected chi connectivity index (χ2v) is 4.55. The van der Waals surface area contributed by atoms with E-state index in [1.807, 2.05) is 31.2 Å². The van der Waals surface area contributed by atoms with E-state index in [0.29, 0.717) is 5.02 Å². The Morgan fingerprint density at radius 2 is 1.82 bits per heavy atom. The Balaban J connectivity index is 3.14. The van der Waals surface area contributed by atoms with E-state index < -0.39 is 0 Å². The van der Waals surface area contributed by atoms with Crippen LogP contribution in [0.25, 0.3) is 0 Å². The standard InChI is InChI=1S/C15H17ClO/c1-5-15(10(2)12(4)17)11(3)13-6-8-14(16)9-7-13/h5-9,11H,1H2,2-4H3/b15-10-. The summed E-state index contributed by atoms with van der Waals surface area (Å²) in [5, 5.41) is 0.716. The Labute approximate surface area is 108 Å². The number of hydrogen-bond acceptors (Lipinski definition) is 1. The van der Waals surface area contributed by atoms with Gasteiger partial charge in [-0.05, 0) is 42.7 Å². The fourth-order valence-corrected chi connectivity index (χ4v) is 1.91. The topological polar surface area (TPSA) is 17.1 Å². The third kappa shape index (κ3) is 3.31. The molecule has 0 aliphatic carbocycles. The van der Waals surface area contributed by atoms with Gasteiger partial charge in [0.05, 0.1) is 0 Å². The molecule has 0 saturated heterocycles. The zero-order valence-corrected chi connectivity index (χ0v) is 11.2. The maximum atomic E-state index is 11.4. The highest BCUT2D eigenvalue weighted by Crippen LogP contribution is 2.28. The largest absolute Gasteiger partial charge is 0.295 e.